The van der Waals surface area contributed by atoms with Crippen LogP contribution in [-0.2, 0) is 11.2 Å². The first-order chi connectivity index (χ1) is 9.79. The molecule has 0 N–H and O–H groups in total. The zero-order valence-electron chi connectivity index (χ0n) is 11.6. The van der Waals surface area contributed by atoms with E-state index >= 15 is 0 Å². The molecule has 0 spiro atoms. The van der Waals surface area contributed by atoms with Crippen LogP contribution < -0.4 is 0 Å². The molecule has 0 saturated heterocycles. The van der Waals surface area contributed by atoms with Gasteiger partial charge in [-0.15, -0.1) is 5.73 Å². The minimum Gasteiger partial charge on any atom is -0.498 e. The lowest BCUT2D eigenvalue weighted by molar-refractivity contribution is -0.0991. The molecule has 0 aromatic heterocycles. The van der Waals surface area contributed by atoms with Crippen LogP contribution in [0.5, 0.6) is 0 Å². The molecule has 0 fully saturated rings. The first kappa shape index (κ1) is 17.4. The van der Waals surface area contributed by atoms with Crippen molar-refractivity contribution in [2.24, 2.45) is 5.92 Å². The van der Waals surface area contributed by atoms with Crippen LogP contribution >= 0.6 is 11.6 Å². The van der Waals surface area contributed by atoms with Crippen molar-refractivity contribution in [3.63, 3.8) is 0 Å². The summed E-state index contributed by atoms with van der Waals surface area (Å²) in [5.74, 6) is -1.03. The van der Waals surface area contributed by atoms with Crippen LogP contribution in [0.4, 0.5) is 13.2 Å². The van der Waals surface area contributed by atoms with Crippen LogP contribution in [0.2, 0.25) is 5.02 Å². The van der Waals surface area contributed by atoms with Gasteiger partial charge in [-0.2, -0.15) is 13.2 Å². The summed E-state index contributed by atoms with van der Waals surface area (Å²) in [6.07, 6.45) is -4.47. The molecule has 1 nitrogen and oxygen atoms in total. The first-order valence-electron chi connectivity index (χ1n) is 6.32. The third-order valence-corrected chi connectivity index (χ3v) is 3.13. The molecular weight excluding hydrogens is 301 g/mol. The quantitative estimate of drug-likeness (QED) is 0.509. The minimum atomic E-state index is -4.54. The van der Waals surface area contributed by atoms with Gasteiger partial charge < -0.3 is 4.74 Å². The fourth-order valence-electron chi connectivity index (χ4n) is 1.98. The topological polar surface area (TPSA) is 9.23 Å². The molecule has 0 amide bonds. The predicted molar refractivity (Wildman–Crippen MR) is 78.1 cm³/mol. The van der Waals surface area contributed by atoms with E-state index in [9.17, 15) is 13.2 Å². The number of rotatable bonds is 6. The third-order valence-electron chi connectivity index (χ3n) is 2.89. The number of hydrogen-bond donors (Lipinski definition) is 0. The Balaban J connectivity index is 3.14. The average Bonchev–Trinajstić information content (AvgIpc) is 2.37. The SMILES string of the molecule is C=C=C(C(Cc1cccc(Cl)c1)C(=C)OCC)C(F)(F)F. The smallest absolute Gasteiger partial charge is 0.420 e. The lowest BCUT2D eigenvalue weighted by Gasteiger charge is -2.23. The van der Waals surface area contributed by atoms with Crippen molar-refractivity contribution in [1.82, 2.24) is 0 Å². The van der Waals surface area contributed by atoms with Crippen LogP contribution in [-0.4, -0.2) is 12.8 Å². The average molecular weight is 317 g/mol. The van der Waals surface area contributed by atoms with Crippen LogP contribution in [0.15, 0.2) is 54.5 Å². The molecule has 114 valence electrons. The molecule has 21 heavy (non-hydrogen) atoms. The van der Waals surface area contributed by atoms with Gasteiger partial charge >= 0.3 is 6.18 Å². The second-order valence-electron chi connectivity index (χ2n) is 4.37. The molecule has 5 heteroatoms. The summed E-state index contributed by atoms with van der Waals surface area (Å²) in [7, 11) is 0. The first-order valence-corrected chi connectivity index (χ1v) is 6.70. The van der Waals surface area contributed by atoms with E-state index in [1.807, 2.05) is 5.73 Å². The molecule has 1 unspecified atom stereocenters. The van der Waals surface area contributed by atoms with Gasteiger partial charge in [0.2, 0.25) is 0 Å². The number of benzene rings is 1. The Morgan fingerprint density at radius 2 is 2.10 bits per heavy atom. The predicted octanol–water partition coefficient (Wildman–Crippen LogP) is 5.32. The van der Waals surface area contributed by atoms with Gasteiger partial charge in [-0.3, -0.25) is 0 Å². The molecule has 1 aromatic rings. The van der Waals surface area contributed by atoms with Gasteiger partial charge in [0.25, 0.3) is 0 Å². The van der Waals surface area contributed by atoms with Crippen molar-refractivity contribution in [2.75, 3.05) is 6.61 Å². The molecule has 0 heterocycles. The number of alkyl halides is 3. The van der Waals surface area contributed by atoms with E-state index in [2.05, 4.69) is 13.2 Å². The van der Waals surface area contributed by atoms with Crippen LogP contribution in [0, 0.1) is 5.92 Å². The van der Waals surface area contributed by atoms with E-state index < -0.39 is 17.7 Å². The van der Waals surface area contributed by atoms with Crippen molar-refractivity contribution in [2.45, 2.75) is 19.5 Å². The zero-order chi connectivity index (χ0) is 16.0. The Morgan fingerprint density at radius 1 is 1.43 bits per heavy atom. The van der Waals surface area contributed by atoms with Crippen molar-refractivity contribution < 1.29 is 17.9 Å². The Kier molecular flexibility index (Phi) is 6.13. The summed E-state index contributed by atoms with van der Waals surface area (Å²) in [5.41, 5.74) is 1.75. The van der Waals surface area contributed by atoms with E-state index in [0.29, 0.717) is 10.6 Å². The van der Waals surface area contributed by atoms with E-state index in [-0.39, 0.29) is 18.8 Å². The van der Waals surface area contributed by atoms with E-state index in [1.54, 1.807) is 31.2 Å². The summed E-state index contributed by atoms with van der Waals surface area (Å²) in [6, 6.07) is 6.66. The highest BCUT2D eigenvalue weighted by Crippen LogP contribution is 2.36. The number of ether oxygens (including phenoxy) is 1. The van der Waals surface area contributed by atoms with Crippen LogP contribution in [0.3, 0.4) is 0 Å². The molecule has 0 bridgehead atoms. The number of allylic oxidation sites excluding steroid dienone is 1. The van der Waals surface area contributed by atoms with E-state index in [4.69, 9.17) is 16.3 Å². The van der Waals surface area contributed by atoms with Crippen LogP contribution in [0.1, 0.15) is 12.5 Å². The van der Waals surface area contributed by atoms with Gasteiger partial charge in [-0.1, -0.05) is 36.9 Å². The lowest BCUT2D eigenvalue weighted by atomic mass is 9.90. The molecule has 1 rings (SSSR count). The zero-order valence-corrected chi connectivity index (χ0v) is 12.4. The summed E-state index contributed by atoms with van der Waals surface area (Å²) in [5, 5.41) is 0.462. The number of hydrogen-bond acceptors (Lipinski definition) is 1. The fourth-order valence-corrected chi connectivity index (χ4v) is 2.20. The number of halogens is 4. The Hall–Kier alpha value is -1.64. The molecule has 0 saturated carbocycles. The van der Waals surface area contributed by atoms with Crippen molar-refractivity contribution in [1.29, 1.82) is 0 Å². The summed E-state index contributed by atoms with van der Waals surface area (Å²) < 4.78 is 44.4. The summed E-state index contributed by atoms with van der Waals surface area (Å²) in [6.45, 7) is 8.68. The van der Waals surface area contributed by atoms with Crippen molar-refractivity contribution in [3.05, 3.63) is 65.1 Å². The molecule has 0 aliphatic heterocycles. The molecule has 0 radical (unpaired) electrons. The van der Waals surface area contributed by atoms with Gasteiger partial charge in [-0.05, 0) is 31.0 Å². The second-order valence-corrected chi connectivity index (χ2v) is 4.81. The minimum absolute atomic E-state index is 0.0425. The summed E-state index contributed by atoms with van der Waals surface area (Å²) in [4.78, 5) is 0. The molecule has 1 atom stereocenters. The van der Waals surface area contributed by atoms with Gasteiger partial charge in [0.05, 0.1) is 23.9 Å². The second kappa shape index (κ2) is 7.39. The third kappa shape index (κ3) is 5.00. The van der Waals surface area contributed by atoms with Gasteiger partial charge in [-0.25, -0.2) is 0 Å². The maximum absolute atomic E-state index is 13.1. The standard InChI is InChI=1S/C16H16ClF3O/c1-4-15(16(18,19)20)14(11(3)21-5-2)10-12-7-6-8-13(17)9-12/h6-9,14H,1,3,5,10H2,2H3. The lowest BCUT2D eigenvalue weighted by Crippen LogP contribution is -2.23. The Morgan fingerprint density at radius 3 is 2.57 bits per heavy atom. The van der Waals surface area contributed by atoms with Gasteiger partial charge in [0, 0.05) is 5.02 Å². The van der Waals surface area contributed by atoms with E-state index in [0.717, 1.165) is 0 Å². The molecule has 1 aromatic carbocycles. The molecular formula is C16H16ClF3O. The highest BCUT2D eigenvalue weighted by molar-refractivity contribution is 6.30. The van der Waals surface area contributed by atoms with E-state index in [1.165, 1.54) is 0 Å². The molecule has 0 aliphatic rings. The van der Waals surface area contributed by atoms with Gasteiger partial charge in [0.15, 0.2) is 0 Å². The van der Waals surface area contributed by atoms with Crippen molar-refractivity contribution >= 4 is 11.6 Å². The van der Waals surface area contributed by atoms with Crippen LogP contribution in [0.25, 0.3) is 0 Å². The van der Waals surface area contributed by atoms with Crippen molar-refractivity contribution in [3.8, 4) is 0 Å². The van der Waals surface area contributed by atoms with Gasteiger partial charge in [0.1, 0.15) is 0 Å². The highest BCUT2D eigenvalue weighted by atomic mass is 35.5. The normalized spacial score (nSPS) is 12.4. The highest BCUT2D eigenvalue weighted by Gasteiger charge is 2.40. The Bertz CT molecular complexity index is 557. The maximum atomic E-state index is 13.1. The maximum Gasteiger partial charge on any atom is 0.420 e. The monoisotopic (exact) mass is 316 g/mol. The summed E-state index contributed by atoms with van der Waals surface area (Å²) >= 11 is 5.86. The largest absolute Gasteiger partial charge is 0.498 e. The molecule has 0 aliphatic carbocycles. The fraction of sp³-hybridized carbons (Fsp3) is 0.312. The Labute approximate surface area is 127 Å².